The van der Waals surface area contributed by atoms with E-state index < -0.39 is 0 Å². The molecule has 1 atom stereocenters. The van der Waals surface area contributed by atoms with Crippen LogP contribution < -0.4 is 5.32 Å². The Morgan fingerprint density at radius 2 is 2.12 bits per heavy atom. The average Bonchev–Trinajstić information content (AvgIpc) is 2.35. The van der Waals surface area contributed by atoms with Crippen LogP contribution in [0.1, 0.15) is 6.92 Å². The third-order valence-corrected chi connectivity index (χ3v) is 2.50. The van der Waals surface area contributed by atoms with Crippen LogP contribution in [-0.2, 0) is 4.74 Å². The lowest BCUT2D eigenvalue weighted by molar-refractivity contribution is 0.128. The summed E-state index contributed by atoms with van der Waals surface area (Å²) in [7, 11) is 1.70. The van der Waals surface area contributed by atoms with E-state index >= 15 is 0 Å². The number of nitrogens with zero attached hydrogens (tertiary/aromatic N) is 2. The fourth-order valence-corrected chi connectivity index (χ4v) is 1.47. The molecule has 1 N–H and O–H groups in total. The number of rotatable bonds is 4. The van der Waals surface area contributed by atoms with Gasteiger partial charge in [0.2, 0.25) is 0 Å². The van der Waals surface area contributed by atoms with Gasteiger partial charge in [-0.25, -0.2) is 9.97 Å². The normalized spacial score (nSPS) is 12.6. The molecule has 0 aliphatic rings. The van der Waals surface area contributed by atoms with Crippen LogP contribution in [-0.4, -0.2) is 29.7 Å². The Bertz CT molecular complexity index is 467. The number of benzene rings is 1. The highest BCUT2D eigenvalue weighted by molar-refractivity contribution is 5.88. The number of para-hydroxylation sites is 1. The zero-order chi connectivity index (χ0) is 11.4. The molecule has 4 nitrogen and oxygen atoms in total. The van der Waals surface area contributed by atoms with Gasteiger partial charge in [0.15, 0.2) is 0 Å². The van der Waals surface area contributed by atoms with Crippen molar-refractivity contribution in [2.24, 2.45) is 0 Å². The van der Waals surface area contributed by atoms with E-state index in [1.807, 2.05) is 31.2 Å². The maximum Gasteiger partial charge on any atom is 0.137 e. The molecule has 84 valence electrons. The van der Waals surface area contributed by atoms with Crippen molar-refractivity contribution >= 4 is 16.7 Å². The summed E-state index contributed by atoms with van der Waals surface area (Å²) in [5.41, 5.74) is 0.949. The molecular formula is C12H15N3O. The fourth-order valence-electron chi connectivity index (χ4n) is 1.47. The average molecular weight is 217 g/mol. The first-order chi connectivity index (χ1) is 7.81. The van der Waals surface area contributed by atoms with Crippen LogP contribution >= 0.6 is 0 Å². The third kappa shape index (κ3) is 2.28. The second-order valence-corrected chi connectivity index (χ2v) is 3.67. The minimum absolute atomic E-state index is 0.161. The Morgan fingerprint density at radius 3 is 2.94 bits per heavy atom. The first-order valence-corrected chi connectivity index (χ1v) is 5.27. The van der Waals surface area contributed by atoms with Crippen molar-refractivity contribution in [1.82, 2.24) is 9.97 Å². The predicted molar refractivity (Wildman–Crippen MR) is 64.5 cm³/mol. The van der Waals surface area contributed by atoms with Gasteiger partial charge < -0.3 is 10.1 Å². The van der Waals surface area contributed by atoms with Crippen molar-refractivity contribution in [2.75, 3.05) is 19.0 Å². The van der Waals surface area contributed by atoms with E-state index in [1.165, 1.54) is 0 Å². The summed E-state index contributed by atoms with van der Waals surface area (Å²) in [4.78, 5) is 8.44. The largest absolute Gasteiger partial charge is 0.380 e. The number of hydrogen-bond donors (Lipinski definition) is 1. The van der Waals surface area contributed by atoms with Gasteiger partial charge in [-0.1, -0.05) is 12.1 Å². The van der Waals surface area contributed by atoms with Crippen LogP contribution in [0.5, 0.6) is 0 Å². The molecule has 0 spiro atoms. The van der Waals surface area contributed by atoms with Crippen LogP contribution in [0.3, 0.4) is 0 Å². The Balaban J connectivity index is 2.23. The fraction of sp³-hybridized carbons (Fsp3) is 0.333. The number of anilines is 1. The third-order valence-electron chi connectivity index (χ3n) is 2.50. The number of nitrogens with one attached hydrogen (secondary N) is 1. The Kier molecular flexibility index (Phi) is 3.31. The number of aromatic nitrogens is 2. The van der Waals surface area contributed by atoms with Gasteiger partial charge in [-0.2, -0.15) is 0 Å². The molecule has 0 amide bonds. The summed E-state index contributed by atoms with van der Waals surface area (Å²) >= 11 is 0. The molecule has 4 heteroatoms. The quantitative estimate of drug-likeness (QED) is 0.851. The van der Waals surface area contributed by atoms with Gasteiger partial charge in [-0.3, -0.25) is 0 Å². The minimum Gasteiger partial charge on any atom is -0.380 e. The summed E-state index contributed by atoms with van der Waals surface area (Å²) in [6, 6.07) is 7.94. The van der Waals surface area contributed by atoms with Crippen molar-refractivity contribution < 1.29 is 4.74 Å². The molecule has 1 aromatic carbocycles. The van der Waals surface area contributed by atoms with Gasteiger partial charge in [0, 0.05) is 19.0 Å². The Labute approximate surface area is 94.7 Å². The van der Waals surface area contributed by atoms with Crippen LogP contribution in [0.2, 0.25) is 0 Å². The molecule has 2 aromatic rings. The van der Waals surface area contributed by atoms with Gasteiger partial charge in [0.1, 0.15) is 12.1 Å². The van der Waals surface area contributed by atoms with Crippen molar-refractivity contribution in [3.8, 4) is 0 Å². The first-order valence-electron chi connectivity index (χ1n) is 5.27. The van der Waals surface area contributed by atoms with E-state index in [0.29, 0.717) is 0 Å². The summed E-state index contributed by atoms with van der Waals surface area (Å²) in [5, 5.41) is 4.30. The lowest BCUT2D eigenvalue weighted by Gasteiger charge is -2.12. The summed E-state index contributed by atoms with van der Waals surface area (Å²) in [6.07, 6.45) is 1.73. The lowest BCUT2D eigenvalue weighted by atomic mass is 10.2. The molecule has 0 saturated heterocycles. The maximum atomic E-state index is 5.18. The SMILES string of the molecule is COC(C)CNc1ncnc2ccccc12. The van der Waals surface area contributed by atoms with Gasteiger partial charge >= 0.3 is 0 Å². The van der Waals surface area contributed by atoms with Gasteiger partial charge in [-0.15, -0.1) is 0 Å². The standard InChI is InChI=1S/C12H15N3O/c1-9(16-2)7-13-12-10-5-3-4-6-11(10)14-8-15-12/h3-6,8-9H,7H2,1-2H3,(H,13,14,15). The van der Waals surface area contributed by atoms with E-state index in [2.05, 4.69) is 15.3 Å². The summed E-state index contributed by atoms with van der Waals surface area (Å²) < 4.78 is 5.18. The number of ether oxygens (including phenoxy) is 1. The van der Waals surface area contributed by atoms with Crippen LogP contribution in [0.15, 0.2) is 30.6 Å². The van der Waals surface area contributed by atoms with E-state index in [4.69, 9.17) is 4.74 Å². The van der Waals surface area contributed by atoms with Crippen molar-refractivity contribution in [3.05, 3.63) is 30.6 Å². The summed E-state index contributed by atoms with van der Waals surface area (Å²) in [5.74, 6) is 0.856. The second kappa shape index (κ2) is 4.90. The molecule has 0 fully saturated rings. The van der Waals surface area contributed by atoms with Crippen LogP contribution in [0.25, 0.3) is 10.9 Å². The highest BCUT2D eigenvalue weighted by Crippen LogP contribution is 2.18. The van der Waals surface area contributed by atoms with Gasteiger partial charge in [0.05, 0.1) is 11.6 Å². The molecule has 0 aliphatic heterocycles. The van der Waals surface area contributed by atoms with E-state index in [0.717, 1.165) is 23.3 Å². The van der Waals surface area contributed by atoms with E-state index in [1.54, 1.807) is 13.4 Å². The zero-order valence-corrected chi connectivity index (χ0v) is 9.47. The Morgan fingerprint density at radius 1 is 1.31 bits per heavy atom. The van der Waals surface area contributed by atoms with Gasteiger partial charge in [-0.05, 0) is 19.1 Å². The molecule has 1 heterocycles. The molecule has 1 aromatic heterocycles. The molecule has 0 bridgehead atoms. The molecular weight excluding hydrogens is 202 g/mol. The minimum atomic E-state index is 0.161. The van der Waals surface area contributed by atoms with Crippen LogP contribution in [0, 0.1) is 0 Å². The van der Waals surface area contributed by atoms with Gasteiger partial charge in [0.25, 0.3) is 0 Å². The smallest absolute Gasteiger partial charge is 0.137 e. The van der Waals surface area contributed by atoms with E-state index in [9.17, 15) is 0 Å². The monoisotopic (exact) mass is 217 g/mol. The van der Waals surface area contributed by atoms with E-state index in [-0.39, 0.29) is 6.10 Å². The molecule has 0 saturated carbocycles. The highest BCUT2D eigenvalue weighted by atomic mass is 16.5. The molecule has 2 rings (SSSR count). The molecule has 0 radical (unpaired) electrons. The Hall–Kier alpha value is -1.68. The predicted octanol–water partition coefficient (Wildman–Crippen LogP) is 2.08. The van der Waals surface area contributed by atoms with Crippen molar-refractivity contribution in [3.63, 3.8) is 0 Å². The zero-order valence-electron chi connectivity index (χ0n) is 9.47. The van der Waals surface area contributed by atoms with Crippen molar-refractivity contribution in [2.45, 2.75) is 13.0 Å². The second-order valence-electron chi connectivity index (χ2n) is 3.67. The topological polar surface area (TPSA) is 47.0 Å². The number of fused-ring (bicyclic) bond motifs is 1. The molecule has 16 heavy (non-hydrogen) atoms. The number of hydrogen-bond acceptors (Lipinski definition) is 4. The van der Waals surface area contributed by atoms with Crippen molar-refractivity contribution in [1.29, 1.82) is 0 Å². The molecule has 1 unspecified atom stereocenters. The summed E-state index contributed by atoms with van der Waals surface area (Å²) in [6.45, 7) is 2.74. The van der Waals surface area contributed by atoms with Crippen LogP contribution in [0.4, 0.5) is 5.82 Å². The number of methoxy groups -OCH3 is 1. The highest BCUT2D eigenvalue weighted by Gasteiger charge is 2.04. The maximum absolute atomic E-state index is 5.18. The molecule has 0 aliphatic carbocycles. The first kappa shape index (κ1) is 10.8. The lowest BCUT2D eigenvalue weighted by Crippen LogP contribution is -2.18.